The Balaban J connectivity index is 1.65. The van der Waals surface area contributed by atoms with Gasteiger partial charge >= 0.3 is 11.9 Å². The van der Waals surface area contributed by atoms with Gasteiger partial charge in [0.1, 0.15) is 11.5 Å². The highest BCUT2D eigenvalue weighted by Crippen LogP contribution is 2.24. The van der Waals surface area contributed by atoms with Gasteiger partial charge in [-0.2, -0.15) is 0 Å². The van der Waals surface area contributed by atoms with E-state index in [9.17, 15) is 34.9 Å². The summed E-state index contributed by atoms with van der Waals surface area (Å²) in [7, 11) is 0. The molecule has 0 aliphatic rings. The first-order chi connectivity index (χ1) is 25.6. The summed E-state index contributed by atoms with van der Waals surface area (Å²) in [5.41, 5.74) is -2.00. The first-order valence-corrected chi connectivity index (χ1v) is 16.9. The molecule has 0 unspecified atom stereocenters. The molecule has 53 heavy (non-hydrogen) atoms. The molecular weight excluding hydrogens is 708 g/mol. The molecule has 0 aliphatic heterocycles. The zero-order chi connectivity index (χ0) is 38.6. The van der Waals surface area contributed by atoms with E-state index in [-0.39, 0.29) is 81.6 Å². The molecule has 0 aromatic heterocycles. The van der Waals surface area contributed by atoms with Crippen molar-refractivity contribution in [2.45, 2.75) is 31.3 Å². The summed E-state index contributed by atoms with van der Waals surface area (Å²) in [4.78, 5) is 45.5. The van der Waals surface area contributed by atoms with Gasteiger partial charge in [-0.3, -0.25) is 29.8 Å². The molecule has 0 atom stereocenters. The van der Waals surface area contributed by atoms with Crippen LogP contribution in [-0.2, 0) is 42.7 Å². The van der Waals surface area contributed by atoms with Crippen molar-refractivity contribution in [3.8, 4) is 11.5 Å². The molecule has 0 heterocycles. The van der Waals surface area contributed by atoms with Crippen LogP contribution < -0.4 is 9.47 Å². The highest BCUT2D eigenvalue weighted by molar-refractivity contribution is 5.73. The van der Waals surface area contributed by atoms with Gasteiger partial charge in [-0.25, -0.2) is 0 Å². The second-order valence-corrected chi connectivity index (χ2v) is 11.1. The summed E-state index contributed by atoms with van der Waals surface area (Å²) in [5, 5.41) is 41.6. The van der Waals surface area contributed by atoms with Crippen molar-refractivity contribution in [3.63, 3.8) is 0 Å². The van der Waals surface area contributed by atoms with Crippen molar-refractivity contribution in [2.75, 3.05) is 99.1 Å². The van der Waals surface area contributed by atoms with Crippen LogP contribution in [0.5, 0.6) is 11.5 Å². The van der Waals surface area contributed by atoms with Crippen molar-refractivity contribution < 1.29 is 72.3 Å². The van der Waals surface area contributed by atoms with E-state index in [0.29, 0.717) is 66.1 Å². The van der Waals surface area contributed by atoms with E-state index in [2.05, 4.69) is 0 Å². The van der Waals surface area contributed by atoms with Crippen LogP contribution in [0.15, 0.2) is 48.5 Å². The number of carbonyl (C=O) groups is 2. The van der Waals surface area contributed by atoms with Gasteiger partial charge in [0, 0.05) is 37.1 Å². The molecule has 0 radical (unpaired) electrons. The Bertz CT molecular complexity index is 1250. The minimum Gasteiger partial charge on any atom is -0.427 e. The molecule has 0 saturated heterocycles. The van der Waals surface area contributed by atoms with Crippen molar-refractivity contribution >= 4 is 23.3 Å². The van der Waals surface area contributed by atoms with Gasteiger partial charge in [0.2, 0.25) is 0 Å². The van der Waals surface area contributed by atoms with Crippen LogP contribution in [0.2, 0.25) is 0 Å². The molecule has 0 fully saturated rings. The molecule has 0 bridgehead atoms. The maximum atomic E-state index is 12.5. The van der Waals surface area contributed by atoms with Crippen molar-refractivity contribution in [2.24, 2.45) is 0 Å². The van der Waals surface area contributed by atoms with Crippen LogP contribution in [0.1, 0.15) is 25.7 Å². The Hall–Kier alpha value is -4.18. The minimum atomic E-state index is -1.65. The van der Waals surface area contributed by atoms with E-state index in [1.54, 1.807) is 0 Å². The summed E-state index contributed by atoms with van der Waals surface area (Å²) in [6, 6.07) is 9.85. The highest BCUT2D eigenvalue weighted by Gasteiger charge is 2.30. The maximum absolute atomic E-state index is 12.5. The number of hydrogen-bond acceptors (Lipinski definition) is 17. The number of hydrogen-bond donors (Lipinski definition) is 2. The van der Waals surface area contributed by atoms with E-state index in [0.717, 1.165) is 0 Å². The number of rotatable bonds is 32. The Labute approximate surface area is 306 Å². The zero-order valence-corrected chi connectivity index (χ0v) is 29.5. The second kappa shape index (κ2) is 27.4. The summed E-state index contributed by atoms with van der Waals surface area (Å²) in [5.74, 6) is -1.26. The van der Waals surface area contributed by atoms with Crippen molar-refractivity contribution in [1.29, 1.82) is 0 Å². The molecular formula is C34H48N2O17. The highest BCUT2D eigenvalue weighted by atomic mass is 16.6. The molecule has 0 amide bonds. The van der Waals surface area contributed by atoms with Gasteiger partial charge in [-0.15, -0.1) is 0 Å². The van der Waals surface area contributed by atoms with Crippen molar-refractivity contribution in [3.05, 3.63) is 68.8 Å². The SMILES string of the molecule is O=C(CCC(O)(CCC(=O)Oc1ccc([N+](=O)[O-])cc1)COCCOCCOCCOCCOCCOCCOCCO)Oc1ccc([N+](=O)[O-])cc1. The smallest absolute Gasteiger partial charge is 0.311 e. The number of nitro benzene ring substituents is 2. The molecule has 0 saturated carbocycles. The predicted molar refractivity (Wildman–Crippen MR) is 184 cm³/mol. The minimum absolute atomic E-state index is 0.0159. The summed E-state index contributed by atoms with van der Waals surface area (Å²) < 4.78 is 48.2. The topological polar surface area (TPSA) is 244 Å². The predicted octanol–water partition coefficient (Wildman–Crippen LogP) is 2.41. The van der Waals surface area contributed by atoms with Crippen LogP contribution in [0.25, 0.3) is 0 Å². The summed E-state index contributed by atoms with van der Waals surface area (Å²) in [6.45, 7) is 4.18. The van der Waals surface area contributed by atoms with E-state index in [4.69, 9.17) is 47.7 Å². The van der Waals surface area contributed by atoms with Gasteiger partial charge in [-0.1, -0.05) is 0 Å². The lowest BCUT2D eigenvalue weighted by atomic mass is 9.93. The monoisotopic (exact) mass is 756 g/mol. The quantitative estimate of drug-likeness (QED) is 0.0358. The van der Waals surface area contributed by atoms with Crippen LogP contribution >= 0.6 is 0 Å². The number of carbonyl (C=O) groups excluding carboxylic acids is 2. The zero-order valence-electron chi connectivity index (χ0n) is 29.5. The first-order valence-electron chi connectivity index (χ1n) is 16.9. The van der Waals surface area contributed by atoms with Crippen LogP contribution in [0.4, 0.5) is 11.4 Å². The second-order valence-electron chi connectivity index (χ2n) is 11.1. The molecule has 296 valence electrons. The van der Waals surface area contributed by atoms with Gasteiger partial charge in [0.05, 0.1) is 115 Å². The fourth-order valence-corrected chi connectivity index (χ4v) is 4.22. The maximum Gasteiger partial charge on any atom is 0.311 e. The van der Waals surface area contributed by atoms with E-state index in [1.165, 1.54) is 48.5 Å². The number of esters is 2. The summed E-state index contributed by atoms with van der Waals surface area (Å²) >= 11 is 0. The first kappa shape index (κ1) is 45.0. The molecule has 2 N–H and O–H groups in total. The number of nitro groups is 2. The van der Waals surface area contributed by atoms with Gasteiger partial charge in [0.25, 0.3) is 11.4 Å². The number of ether oxygens (including phenoxy) is 9. The van der Waals surface area contributed by atoms with Gasteiger partial charge < -0.3 is 52.8 Å². The third-order valence-electron chi connectivity index (χ3n) is 6.99. The number of non-ortho nitro benzene ring substituents is 2. The van der Waals surface area contributed by atoms with Crippen LogP contribution in [0, 0.1) is 20.2 Å². The van der Waals surface area contributed by atoms with E-state index < -0.39 is 27.4 Å². The molecule has 19 nitrogen and oxygen atoms in total. The van der Waals surface area contributed by atoms with Crippen LogP contribution in [-0.4, -0.2) is 137 Å². The number of benzene rings is 2. The Morgan fingerprint density at radius 3 is 1.13 bits per heavy atom. The Morgan fingerprint density at radius 2 is 0.830 bits per heavy atom. The standard InChI is InChI=1S/C34H48N2O17/c37-13-14-45-15-16-46-17-18-47-19-20-48-21-22-49-23-24-50-25-26-51-27-34(40,11-9-32(38)52-30-5-1-28(2-6-30)35(41)42)12-10-33(39)53-31-7-3-29(4-8-31)36(43)44/h1-8,37,40H,9-27H2. The average molecular weight is 757 g/mol. The molecule has 0 aliphatic carbocycles. The van der Waals surface area contributed by atoms with Gasteiger partial charge in [0.15, 0.2) is 0 Å². The Kier molecular flexibility index (Phi) is 23.3. The average Bonchev–Trinajstić information content (AvgIpc) is 3.14. The lowest BCUT2D eigenvalue weighted by Crippen LogP contribution is -2.37. The lowest BCUT2D eigenvalue weighted by molar-refractivity contribution is -0.385. The van der Waals surface area contributed by atoms with Gasteiger partial charge in [-0.05, 0) is 37.1 Å². The number of aliphatic hydroxyl groups is 2. The third-order valence-corrected chi connectivity index (χ3v) is 6.99. The molecule has 2 aromatic rings. The lowest BCUT2D eigenvalue weighted by Gasteiger charge is -2.27. The summed E-state index contributed by atoms with van der Waals surface area (Å²) in [6.07, 6.45) is -0.832. The third kappa shape index (κ3) is 21.8. The largest absolute Gasteiger partial charge is 0.427 e. The molecule has 2 rings (SSSR count). The van der Waals surface area contributed by atoms with E-state index >= 15 is 0 Å². The van der Waals surface area contributed by atoms with Crippen LogP contribution in [0.3, 0.4) is 0 Å². The fourth-order valence-electron chi connectivity index (χ4n) is 4.22. The Morgan fingerprint density at radius 1 is 0.528 bits per heavy atom. The normalized spacial score (nSPS) is 11.4. The fraction of sp³-hybridized carbons (Fsp3) is 0.588. The van der Waals surface area contributed by atoms with Crippen molar-refractivity contribution in [1.82, 2.24) is 0 Å². The van der Waals surface area contributed by atoms with E-state index in [1.807, 2.05) is 0 Å². The number of aliphatic hydroxyl groups excluding tert-OH is 1. The molecule has 0 spiro atoms. The molecule has 19 heteroatoms. The molecule has 2 aromatic carbocycles. The number of nitrogens with zero attached hydrogens (tertiary/aromatic N) is 2.